The molecule has 2 rings (SSSR count). The van der Waals surface area contributed by atoms with Crippen molar-refractivity contribution < 1.29 is 18.0 Å². The van der Waals surface area contributed by atoms with E-state index in [1.807, 2.05) is 0 Å². The molecule has 0 radical (unpaired) electrons. The van der Waals surface area contributed by atoms with Gasteiger partial charge in [-0.25, -0.2) is 4.98 Å². The van der Waals surface area contributed by atoms with E-state index in [4.69, 9.17) is 11.6 Å². The van der Waals surface area contributed by atoms with Gasteiger partial charge in [0, 0.05) is 16.2 Å². The maximum atomic E-state index is 12.5. The van der Waals surface area contributed by atoms with Gasteiger partial charge in [-0.15, -0.1) is 0 Å². The predicted octanol–water partition coefficient (Wildman–Crippen LogP) is 6.01. The quantitative estimate of drug-likeness (QED) is 0.344. The number of halogens is 5. The van der Waals surface area contributed by atoms with Gasteiger partial charge in [0.05, 0.1) is 10.6 Å². The molecule has 0 aliphatic rings. The molecule has 0 amide bonds. The number of thioether (sulfide) groups is 1. The molecule has 0 aliphatic carbocycles. The summed E-state index contributed by atoms with van der Waals surface area (Å²) >= 11 is 10.0. The van der Waals surface area contributed by atoms with Gasteiger partial charge >= 0.3 is 6.18 Å². The highest BCUT2D eigenvalue weighted by Gasteiger charge is 2.31. The fraction of sp³-hybridized carbons (Fsp3) is 0.0667. The smallest absolute Gasteiger partial charge is 0.289 e. The number of benzene rings is 1. The molecule has 0 aliphatic heterocycles. The summed E-state index contributed by atoms with van der Waals surface area (Å²) in [6.45, 7) is 0. The van der Waals surface area contributed by atoms with Crippen molar-refractivity contribution in [3.8, 4) is 0 Å². The average molecular weight is 423 g/mol. The number of aromatic nitrogens is 1. The number of alkyl halides is 3. The van der Waals surface area contributed by atoms with Crippen molar-refractivity contribution in [1.29, 1.82) is 0 Å². The second-order valence-electron chi connectivity index (χ2n) is 4.30. The van der Waals surface area contributed by atoms with Crippen LogP contribution in [0.2, 0.25) is 5.02 Å². The molecule has 0 spiro atoms. The molecule has 8 heteroatoms. The van der Waals surface area contributed by atoms with Crippen LogP contribution in [-0.4, -0.2) is 10.8 Å². The lowest BCUT2D eigenvalue weighted by Gasteiger charge is -2.07. The van der Waals surface area contributed by atoms with Gasteiger partial charge in [-0.2, -0.15) is 13.2 Å². The molecule has 120 valence electrons. The molecule has 0 fully saturated rings. The molecule has 0 bridgehead atoms. The van der Waals surface area contributed by atoms with E-state index < -0.39 is 11.7 Å². The highest BCUT2D eigenvalue weighted by Crippen LogP contribution is 2.33. The van der Waals surface area contributed by atoms with E-state index in [2.05, 4.69) is 20.9 Å². The van der Waals surface area contributed by atoms with Crippen molar-refractivity contribution in [1.82, 2.24) is 4.98 Å². The Hall–Kier alpha value is -1.31. The number of pyridine rings is 1. The van der Waals surface area contributed by atoms with Gasteiger partial charge in [0.2, 0.25) is 0 Å². The highest BCUT2D eigenvalue weighted by atomic mass is 79.9. The normalized spacial score (nSPS) is 11.9. The Kier molecular flexibility index (Phi) is 5.89. The zero-order valence-electron chi connectivity index (χ0n) is 11.3. The first-order valence-electron chi connectivity index (χ1n) is 6.13. The molecule has 0 saturated carbocycles. The first-order chi connectivity index (χ1) is 10.8. The van der Waals surface area contributed by atoms with Crippen LogP contribution in [0.15, 0.2) is 57.5 Å². The lowest BCUT2D eigenvalue weighted by Crippen LogP contribution is -2.05. The standard InChI is InChI=1S/C15H8BrClF3NOS/c16-11-3-1-9(2-4-11)13(22)5-6-23-14-12(17)7-10(8-21-14)15(18,19)20/h1-8H/b6-5+. The molecule has 0 atom stereocenters. The second-order valence-corrected chi connectivity index (χ2v) is 6.52. The number of carbonyl (C=O) groups excluding carboxylic acids is 1. The molecule has 1 aromatic heterocycles. The lowest BCUT2D eigenvalue weighted by molar-refractivity contribution is -0.137. The summed E-state index contributed by atoms with van der Waals surface area (Å²) < 4.78 is 38.4. The van der Waals surface area contributed by atoms with Crippen molar-refractivity contribution >= 4 is 45.1 Å². The van der Waals surface area contributed by atoms with E-state index in [0.717, 1.165) is 22.3 Å². The first-order valence-corrected chi connectivity index (χ1v) is 8.18. The minimum Gasteiger partial charge on any atom is -0.289 e. The van der Waals surface area contributed by atoms with Crippen molar-refractivity contribution in [2.45, 2.75) is 11.2 Å². The maximum absolute atomic E-state index is 12.5. The average Bonchev–Trinajstić information content (AvgIpc) is 2.48. The molecule has 2 aromatic rings. The number of hydrogen-bond acceptors (Lipinski definition) is 3. The van der Waals surface area contributed by atoms with Crippen LogP contribution in [0.1, 0.15) is 15.9 Å². The lowest BCUT2D eigenvalue weighted by atomic mass is 10.1. The number of allylic oxidation sites excluding steroid dienone is 1. The number of carbonyl (C=O) groups is 1. The van der Waals surface area contributed by atoms with E-state index in [9.17, 15) is 18.0 Å². The monoisotopic (exact) mass is 421 g/mol. The predicted molar refractivity (Wildman–Crippen MR) is 87.7 cm³/mol. The van der Waals surface area contributed by atoms with Crippen molar-refractivity contribution in [2.24, 2.45) is 0 Å². The molecule has 1 aromatic carbocycles. The van der Waals surface area contributed by atoms with Gasteiger partial charge in [-0.3, -0.25) is 4.79 Å². The van der Waals surface area contributed by atoms with Gasteiger partial charge in [0.15, 0.2) is 5.78 Å². The van der Waals surface area contributed by atoms with Gasteiger partial charge < -0.3 is 0 Å². The minimum atomic E-state index is -4.49. The third-order valence-electron chi connectivity index (χ3n) is 2.66. The van der Waals surface area contributed by atoms with Crippen molar-refractivity contribution in [2.75, 3.05) is 0 Å². The van der Waals surface area contributed by atoms with E-state index >= 15 is 0 Å². The maximum Gasteiger partial charge on any atom is 0.417 e. The molecule has 2 nitrogen and oxygen atoms in total. The Labute approximate surface area is 147 Å². The third-order valence-corrected chi connectivity index (χ3v) is 4.41. The van der Waals surface area contributed by atoms with Crippen LogP contribution in [0.5, 0.6) is 0 Å². The zero-order chi connectivity index (χ0) is 17.0. The molecule has 0 N–H and O–H groups in total. The van der Waals surface area contributed by atoms with Crippen LogP contribution in [-0.2, 0) is 6.18 Å². The fourth-order valence-electron chi connectivity index (χ4n) is 1.54. The zero-order valence-corrected chi connectivity index (χ0v) is 14.4. The molecule has 1 heterocycles. The van der Waals surface area contributed by atoms with Crippen LogP contribution in [0, 0.1) is 0 Å². The van der Waals surface area contributed by atoms with E-state index in [0.29, 0.717) is 11.8 Å². The summed E-state index contributed by atoms with van der Waals surface area (Å²) in [5.74, 6) is -0.229. The van der Waals surface area contributed by atoms with E-state index in [-0.39, 0.29) is 15.8 Å². The molecule has 0 saturated heterocycles. The SMILES string of the molecule is O=C(/C=C/Sc1ncc(C(F)(F)F)cc1Cl)c1ccc(Br)cc1. The Morgan fingerprint density at radius 1 is 1.26 bits per heavy atom. The summed E-state index contributed by atoms with van der Waals surface area (Å²) in [5.41, 5.74) is -0.418. The summed E-state index contributed by atoms with van der Waals surface area (Å²) in [6.07, 6.45) is -2.48. The third kappa shape index (κ3) is 5.09. The number of rotatable bonds is 4. The summed E-state index contributed by atoms with van der Waals surface area (Å²) in [7, 11) is 0. The first kappa shape index (κ1) is 18.0. The fourth-order valence-corrected chi connectivity index (χ4v) is 2.71. The Morgan fingerprint density at radius 2 is 1.91 bits per heavy atom. The topological polar surface area (TPSA) is 30.0 Å². The Morgan fingerprint density at radius 3 is 2.48 bits per heavy atom. The van der Waals surface area contributed by atoms with Crippen LogP contribution < -0.4 is 0 Å². The summed E-state index contributed by atoms with van der Waals surface area (Å²) in [6, 6.07) is 7.60. The van der Waals surface area contributed by atoms with Crippen LogP contribution in [0.25, 0.3) is 0 Å². The van der Waals surface area contributed by atoms with Crippen LogP contribution >= 0.6 is 39.3 Å². The van der Waals surface area contributed by atoms with Crippen LogP contribution in [0.3, 0.4) is 0 Å². The number of hydrogen-bond donors (Lipinski definition) is 0. The van der Waals surface area contributed by atoms with Crippen LogP contribution in [0.4, 0.5) is 13.2 Å². The molecular weight excluding hydrogens is 415 g/mol. The van der Waals surface area contributed by atoms with E-state index in [1.165, 1.54) is 11.5 Å². The minimum absolute atomic E-state index is 0.120. The Balaban J connectivity index is 2.05. The summed E-state index contributed by atoms with van der Waals surface area (Å²) in [4.78, 5) is 15.6. The highest BCUT2D eigenvalue weighted by molar-refractivity contribution is 9.10. The molecule has 0 unspecified atom stereocenters. The van der Waals surface area contributed by atoms with Gasteiger partial charge in [0.25, 0.3) is 0 Å². The van der Waals surface area contributed by atoms with Crippen molar-refractivity contribution in [3.05, 3.63) is 68.6 Å². The second kappa shape index (κ2) is 7.51. The van der Waals surface area contributed by atoms with Gasteiger partial charge in [0.1, 0.15) is 5.03 Å². The number of ketones is 1. The Bertz CT molecular complexity index is 747. The van der Waals surface area contributed by atoms with Gasteiger partial charge in [-0.05, 0) is 41.8 Å². The molecular formula is C15H8BrClF3NOS. The number of nitrogens with zero attached hydrogens (tertiary/aromatic N) is 1. The van der Waals surface area contributed by atoms with Crippen molar-refractivity contribution in [3.63, 3.8) is 0 Å². The largest absolute Gasteiger partial charge is 0.417 e. The van der Waals surface area contributed by atoms with E-state index in [1.54, 1.807) is 24.3 Å². The molecule has 23 heavy (non-hydrogen) atoms. The van der Waals surface area contributed by atoms with Gasteiger partial charge in [-0.1, -0.05) is 39.3 Å². The summed E-state index contributed by atoms with van der Waals surface area (Å²) in [5, 5.41) is 1.51.